The minimum Gasteiger partial charge on any atom is -0.494 e. The quantitative estimate of drug-likeness (QED) is 0.860. The van der Waals surface area contributed by atoms with Crippen molar-refractivity contribution < 1.29 is 17.9 Å². The van der Waals surface area contributed by atoms with Gasteiger partial charge in [0.15, 0.2) is 0 Å². The zero-order chi connectivity index (χ0) is 16.9. The van der Waals surface area contributed by atoms with Crippen molar-refractivity contribution in [2.75, 3.05) is 31.3 Å². The van der Waals surface area contributed by atoms with Crippen molar-refractivity contribution in [3.63, 3.8) is 0 Å². The van der Waals surface area contributed by atoms with Crippen LogP contribution in [0.1, 0.15) is 26.2 Å². The predicted molar refractivity (Wildman–Crippen MR) is 90.0 cm³/mol. The maximum absolute atomic E-state index is 12.3. The minimum atomic E-state index is -3.16. The summed E-state index contributed by atoms with van der Waals surface area (Å²) in [5.74, 6) is 0.579. The Labute approximate surface area is 137 Å². The van der Waals surface area contributed by atoms with Crippen LogP contribution in [0.2, 0.25) is 0 Å². The zero-order valence-electron chi connectivity index (χ0n) is 13.6. The van der Waals surface area contributed by atoms with Gasteiger partial charge in [0.2, 0.25) is 15.9 Å². The van der Waals surface area contributed by atoms with Crippen molar-refractivity contribution in [1.82, 2.24) is 4.31 Å². The number of sulfonamides is 1. The van der Waals surface area contributed by atoms with E-state index in [0.29, 0.717) is 32.5 Å². The van der Waals surface area contributed by atoms with Crippen LogP contribution in [0.3, 0.4) is 0 Å². The van der Waals surface area contributed by atoms with Crippen molar-refractivity contribution in [3.05, 3.63) is 24.3 Å². The molecule has 0 bridgehead atoms. The number of ether oxygens (including phenoxy) is 1. The van der Waals surface area contributed by atoms with Gasteiger partial charge in [0.05, 0.1) is 12.9 Å². The summed E-state index contributed by atoms with van der Waals surface area (Å²) >= 11 is 0. The largest absolute Gasteiger partial charge is 0.494 e. The first-order valence-electron chi connectivity index (χ1n) is 7.89. The maximum Gasteiger partial charge on any atom is 0.227 e. The van der Waals surface area contributed by atoms with Crippen LogP contribution < -0.4 is 10.1 Å². The fourth-order valence-corrected chi connectivity index (χ4v) is 3.42. The lowest BCUT2D eigenvalue weighted by Crippen LogP contribution is -2.40. The second kappa shape index (κ2) is 7.79. The van der Waals surface area contributed by atoms with Gasteiger partial charge in [-0.05, 0) is 43.5 Å². The van der Waals surface area contributed by atoms with E-state index >= 15 is 0 Å². The first-order chi connectivity index (χ1) is 10.9. The van der Waals surface area contributed by atoms with Gasteiger partial charge >= 0.3 is 0 Å². The summed E-state index contributed by atoms with van der Waals surface area (Å²) in [6.45, 7) is 3.52. The van der Waals surface area contributed by atoms with E-state index in [0.717, 1.165) is 17.9 Å². The van der Waals surface area contributed by atoms with Gasteiger partial charge in [0, 0.05) is 24.7 Å². The molecule has 1 aromatic carbocycles. The highest BCUT2D eigenvalue weighted by atomic mass is 32.2. The van der Waals surface area contributed by atoms with Crippen LogP contribution in [0.5, 0.6) is 5.75 Å². The molecule has 1 aliphatic heterocycles. The molecule has 23 heavy (non-hydrogen) atoms. The average molecular weight is 340 g/mol. The van der Waals surface area contributed by atoms with E-state index < -0.39 is 10.0 Å². The summed E-state index contributed by atoms with van der Waals surface area (Å²) in [6, 6.07) is 7.29. The lowest BCUT2D eigenvalue weighted by molar-refractivity contribution is -0.120. The van der Waals surface area contributed by atoms with E-state index in [-0.39, 0.29) is 11.8 Å². The third kappa shape index (κ3) is 5.21. The maximum atomic E-state index is 12.3. The number of hydrogen-bond donors (Lipinski definition) is 1. The van der Waals surface area contributed by atoms with E-state index in [2.05, 4.69) is 5.32 Å². The lowest BCUT2D eigenvalue weighted by atomic mass is 9.97. The second-order valence-corrected chi connectivity index (χ2v) is 7.78. The van der Waals surface area contributed by atoms with Gasteiger partial charge in [-0.15, -0.1) is 0 Å². The molecule has 0 spiro atoms. The molecule has 0 unspecified atom stereocenters. The molecule has 128 valence electrons. The van der Waals surface area contributed by atoms with Crippen LogP contribution in [0.25, 0.3) is 0 Å². The van der Waals surface area contributed by atoms with Crippen LogP contribution in [0.15, 0.2) is 24.3 Å². The monoisotopic (exact) mass is 340 g/mol. The number of carbonyl (C=O) groups excluding carboxylic acids is 1. The first kappa shape index (κ1) is 17.7. The summed E-state index contributed by atoms with van der Waals surface area (Å²) in [4.78, 5) is 12.3. The molecule has 7 heteroatoms. The highest BCUT2D eigenvalue weighted by Gasteiger charge is 2.28. The summed E-state index contributed by atoms with van der Waals surface area (Å²) in [5.41, 5.74) is 0.726. The van der Waals surface area contributed by atoms with E-state index in [1.165, 1.54) is 10.6 Å². The van der Waals surface area contributed by atoms with Crippen LogP contribution in [0, 0.1) is 5.92 Å². The van der Waals surface area contributed by atoms with Crippen LogP contribution >= 0.6 is 0 Å². The molecular weight excluding hydrogens is 316 g/mol. The predicted octanol–water partition coefficient (Wildman–Crippen LogP) is 2.09. The number of benzene rings is 1. The molecule has 1 aromatic rings. The third-order valence-electron chi connectivity index (χ3n) is 3.89. The molecular formula is C16H24N2O4S. The Morgan fingerprint density at radius 3 is 2.39 bits per heavy atom. The van der Waals surface area contributed by atoms with Crippen LogP contribution in [-0.4, -0.2) is 44.6 Å². The first-order valence-corrected chi connectivity index (χ1v) is 9.74. The molecule has 0 saturated carbocycles. The van der Waals surface area contributed by atoms with Crippen molar-refractivity contribution in [3.8, 4) is 5.75 Å². The van der Waals surface area contributed by atoms with E-state index in [1.807, 2.05) is 31.2 Å². The Morgan fingerprint density at radius 1 is 1.26 bits per heavy atom. The number of amides is 1. The van der Waals surface area contributed by atoms with Crippen molar-refractivity contribution in [1.29, 1.82) is 0 Å². The topological polar surface area (TPSA) is 75.7 Å². The Bertz CT molecular complexity index is 620. The SMILES string of the molecule is CCCOc1ccc(NC(=O)C2CCN(S(C)(=O)=O)CC2)cc1. The molecule has 1 fully saturated rings. The average Bonchev–Trinajstić information content (AvgIpc) is 2.53. The third-order valence-corrected chi connectivity index (χ3v) is 5.19. The minimum absolute atomic E-state index is 0.0552. The fourth-order valence-electron chi connectivity index (χ4n) is 2.55. The standard InChI is InChI=1S/C16H24N2O4S/c1-3-12-22-15-6-4-14(5-7-15)17-16(19)13-8-10-18(11-9-13)23(2,20)21/h4-7,13H,3,8-12H2,1-2H3,(H,17,19). The highest BCUT2D eigenvalue weighted by Crippen LogP contribution is 2.22. The van der Waals surface area contributed by atoms with Crippen molar-refractivity contribution in [2.24, 2.45) is 5.92 Å². The Hall–Kier alpha value is -1.60. The molecule has 1 aliphatic rings. The Morgan fingerprint density at radius 2 is 1.87 bits per heavy atom. The number of anilines is 1. The molecule has 1 amide bonds. The molecule has 0 atom stereocenters. The molecule has 0 radical (unpaired) electrons. The molecule has 6 nitrogen and oxygen atoms in total. The number of carbonyl (C=O) groups is 1. The lowest BCUT2D eigenvalue weighted by Gasteiger charge is -2.29. The number of rotatable bonds is 6. The smallest absolute Gasteiger partial charge is 0.227 e. The van der Waals surface area contributed by atoms with Gasteiger partial charge in [0.25, 0.3) is 0 Å². The van der Waals surface area contributed by atoms with Gasteiger partial charge in [0.1, 0.15) is 5.75 Å². The fraction of sp³-hybridized carbons (Fsp3) is 0.562. The number of nitrogens with zero attached hydrogens (tertiary/aromatic N) is 1. The van der Waals surface area contributed by atoms with E-state index in [9.17, 15) is 13.2 Å². The van der Waals surface area contributed by atoms with Gasteiger partial charge in [-0.2, -0.15) is 0 Å². The van der Waals surface area contributed by atoms with Gasteiger partial charge in [-0.25, -0.2) is 12.7 Å². The van der Waals surface area contributed by atoms with Gasteiger partial charge in [-0.1, -0.05) is 6.92 Å². The molecule has 2 rings (SSSR count). The number of piperidine rings is 1. The van der Waals surface area contributed by atoms with Crippen molar-refractivity contribution >= 4 is 21.6 Å². The molecule has 1 N–H and O–H groups in total. The van der Waals surface area contributed by atoms with Crippen molar-refractivity contribution in [2.45, 2.75) is 26.2 Å². The summed E-state index contributed by atoms with van der Waals surface area (Å²) in [7, 11) is -3.16. The number of nitrogens with one attached hydrogen (secondary N) is 1. The summed E-state index contributed by atoms with van der Waals surface area (Å²) < 4.78 is 29.9. The van der Waals surface area contributed by atoms with Gasteiger partial charge in [-0.3, -0.25) is 4.79 Å². The second-order valence-electron chi connectivity index (χ2n) is 5.80. The molecule has 1 heterocycles. The summed E-state index contributed by atoms with van der Waals surface area (Å²) in [5, 5.41) is 2.89. The highest BCUT2D eigenvalue weighted by molar-refractivity contribution is 7.88. The van der Waals surface area contributed by atoms with Crippen LogP contribution in [-0.2, 0) is 14.8 Å². The van der Waals surface area contributed by atoms with Gasteiger partial charge < -0.3 is 10.1 Å². The van der Waals surface area contributed by atoms with E-state index in [4.69, 9.17) is 4.74 Å². The van der Waals surface area contributed by atoms with E-state index in [1.54, 1.807) is 0 Å². The van der Waals surface area contributed by atoms with Crippen LogP contribution in [0.4, 0.5) is 5.69 Å². The summed E-state index contributed by atoms with van der Waals surface area (Å²) in [6.07, 6.45) is 3.26. The molecule has 0 aliphatic carbocycles. The number of hydrogen-bond acceptors (Lipinski definition) is 4. The normalized spacial score (nSPS) is 17.0. The Kier molecular flexibility index (Phi) is 6.01. The molecule has 1 saturated heterocycles. The molecule has 0 aromatic heterocycles. The Balaban J connectivity index is 1.85. The zero-order valence-corrected chi connectivity index (χ0v) is 14.4.